The first-order chi connectivity index (χ1) is 16.1. The van der Waals surface area contributed by atoms with E-state index in [2.05, 4.69) is 20.9 Å². The van der Waals surface area contributed by atoms with Crippen LogP contribution in [0.15, 0.2) is 60.8 Å². The Hall–Kier alpha value is -3.19. The third-order valence-corrected chi connectivity index (χ3v) is 6.32. The number of carbonyl (C=O) groups excluding carboxylic acids is 1. The fraction of sp³-hybridized carbons (Fsp3) is 0.423. The molecule has 1 heterocycles. The molecule has 0 aliphatic heterocycles. The molecule has 0 unspecified atom stereocenters. The second-order valence-electron chi connectivity index (χ2n) is 8.83. The fourth-order valence-electron chi connectivity index (χ4n) is 3.97. The molecule has 1 aliphatic carbocycles. The number of rotatable bonds is 11. The molecule has 1 saturated carbocycles. The van der Waals surface area contributed by atoms with E-state index in [1.807, 2.05) is 74.8 Å². The number of hydrogen-bond donors (Lipinski definition) is 2. The Labute approximate surface area is 195 Å². The van der Waals surface area contributed by atoms with E-state index in [1.54, 1.807) is 4.68 Å². The molecule has 1 aromatic heterocycles. The molecule has 2 N–H and O–H groups in total. The second-order valence-corrected chi connectivity index (χ2v) is 8.83. The maximum atomic E-state index is 13.1. The highest BCUT2D eigenvalue weighted by molar-refractivity contribution is 5.83. The van der Waals surface area contributed by atoms with Gasteiger partial charge in [0.25, 0.3) is 0 Å². The molecular formula is C26H33N5O2. The maximum Gasteiger partial charge on any atom is 0.227 e. The number of ether oxygens (including phenoxy) is 1. The molecule has 7 heteroatoms. The first-order valence-corrected chi connectivity index (χ1v) is 11.7. The van der Waals surface area contributed by atoms with Gasteiger partial charge in [-0.1, -0.05) is 54.1 Å². The summed E-state index contributed by atoms with van der Waals surface area (Å²) in [7, 11) is 1.88. The van der Waals surface area contributed by atoms with Crippen LogP contribution in [0.5, 0.6) is 5.75 Å². The predicted octanol–water partition coefficient (Wildman–Crippen LogP) is 3.84. The zero-order chi connectivity index (χ0) is 23.0. The summed E-state index contributed by atoms with van der Waals surface area (Å²) in [6.07, 6.45) is 5.75. The molecular weight excluding hydrogens is 414 g/mol. The van der Waals surface area contributed by atoms with Crippen LogP contribution < -0.4 is 15.4 Å². The number of nitrogens with zero attached hydrogens (tertiary/aromatic N) is 3. The van der Waals surface area contributed by atoms with E-state index in [-0.39, 0.29) is 17.9 Å². The molecule has 1 fully saturated rings. The van der Waals surface area contributed by atoms with Crippen LogP contribution in [-0.2, 0) is 17.9 Å². The van der Waals surface area contributed by atoms with Crippen LogP contribution in [0, 0.1) is 5.92 Å². The average Bonchev–Trinajstić information content (AvgIpc) is 3.25. The summed E-state index contributed by atoms with van der Waals surface area (Å²) in [6.45, 7) is 3.85. The molecule has 0 saturated heterocycles. The van der Waals surface area contributed by atoms with Crippen LogP contribution in [0.2, 0.25) is 0 Å². The standard InChI is InChI=1S/C26H33N5O2/c1-19(21-9-4-3-5-10-21)26(32)28-25(17-31-16-23(15-27-2)29-30-31)22-11-13-24(14-12-22)33-18-20-7-6-8-20/h3-5,9-14,16,19-20,25,27H,6-8,15,17-18H2,1-2H3,(H,28,32)/t19-,25-/m0/s1. The van der Waals surface area contributed by atoms with Crippen LogP contribution in [0.4, 0.5) is 0 Å². The molecule has 7 nitrogen and oxygen atoms in total. The fourth-order valence-corrected chi connectivity index (χ4v) is 3.97. The quantitative estimate of drug-likeness (QED) is 0.467. The van der Waals surface area contributed by atoms with Crippen molar-refractivity contribution in [3.05, 3.63) is 77.6 Å². The molecule has 0 radical (unpaired) electrons. The van der Waals surface area contributed by atoms with Crippen molar-refractivity contribution in [3.63, 3.8) is 0 Å². The van der Waals surface area contributed by atoms with Crippen molar-refractivity contribution in [1.82, 2.24) is 25.6 Å². The summed E-state index contributed by atoms with van der Waals surface area (Å²) in [4.78, 5) is 13.1. The third kappa shape index (κ3) is 6.20. The van der Waals surface area contributed by atoms with Gasteiger partial charge in [0.05, 0.1) is 30.8 Å². The molecule has 174 valence electrons. The monoisotopic (exact) mass is 447 g/mol. The summed E-state index contributed by atoms with van der Waals surface area (Å²) in [5.41, 5.74) is 2.86. The lowest BCUT2D eigenvalue weighted by atomic mass is 9.86. The zero-order valence-corrected chi connectivity index (χ0v) is 19.4. The smallest absolute Gasteiger partial charge is 0.227 e. The van der Waals surface area contributed by atoms with Gasteiger partial charge in [0.2, 0.25) is 5.91 Å². The highest BCUT2D eigenvalue weighted by atomic mass is 16.5. The first kappa shape index (κ1) is 23.0. The van der Waals surface area contributed by atoms with Crippen molar-refractivity contribution in [2.75, 3.05) is 13.7 Å². The van der Waals surface area contributed by atoms with Gasteiger partial charge in [-0.15, -0.1) is 5.10 Å². The molecule has 3 aromatic rings. The van der Waals surface area contributed by atoms with Crippen molar-refractivity contribution >= 4 is 5.91 Å². The zero-order valence-electron chi connectivity index (χ0n) is 19.4. The first-order valence-electron chi connectivity index (χ1n) is 11.7. The molecule has 2 aromatic carbocycles. The Balaban J connectivity index is 1.48. The van der Waals surface area contributed by atoms with Gasteiger partial charge in [-0.25, -0.2) is 4.68 Å². The summed E-state index contributed by atoms with van der Waals surface area (Å²) >= 11 is 0. The number of hydrogen-bond acceptors (Lipinski definition) is 5. The largest absolute Gasteiger partial charge is 0.493 e. The van der Waals surface area contributed by atoms with Crippen molar-refractivity contribution < 1.29 is 9.53 Å². The van der Waals surface area contributed by atoms with E-state index >= 15 is 0 Å². The van der Waals surface area contributed by atoms with Crippen LogP contribution >= 0.6 is 0 Å². The highest BCUT2D eigenvalue weighted by Crippen LogP contribution is 2.28. The number of aromatic nitrogens is 3. The van der Waals surface area contributed by atoms with Crippen molar-refractivity contribution in [1.29, 1.82) is 0 Å². The highest BCUT2D eigenvalue weighted by Gasteiger charge is 2.22. The van der Waals surface area contributed by atoms with Gasteiger partial charge in [-0.05, 0) is 56.0 Å². The van der Waals surface area contributed by atoms with Gasteiger partial charge < -0.3 is 15.4 Å². The number of carbonyl (C=O) groups is 1. The van der Waals surface area contributed by atoms with Crippen molar-refractivity contribution in [2.45, 2.75) is 51.2 Å². The Bertz CT molecular complexity index is 1010. The van der Waals surface area contributed by atoms with Crippen LogP contribution in [0.1, 0.15) is 55.0 Å². The van der Waals surface area contributed by atoms with Crippen molar-refractivity contribution in [3.8, 4) is 5.75 Å². The molecule has 1 aliphatic rings. The van der Waals surface area contributed by atoms with E-state index in [9.17, 15) is 4.79 Å². The molecule has 33 heavy (non-hydrogen) atoms. The number of nitrogens with one attached hydrogen (secondary N) is 2. The SMILES string of the molecule is CNCc1cn(C[C@H](NC(=O)[C@@H](C)c2ccccc2)c2ccc(OCC3CCC3)cc2)nn1. The molecule has 2 atom stereocenters. The number of amides is 1. The minimum Gasteiger partial charge on any atom is -0.493 e. The van der Waals surface area contributed by atoms with Gasteiger partial charge in [-0.3, -0.25) is 4.79 Å². The Morgan fingerprint density at radius 2 is 1.88 bits per heavy atom. The van der Waals surface area contributed by atoms with Crippen LogP contribution in [0.25, 0.3) is 0 Å². The Morgan fingerprint density at radius 1 is 1.12 bits per heavy atom. The van der Waals surface area contributed by atoms with E-state index in [0.29, 0.717) is 19.0 Å². The van der Waals surface area contributed by atoms with E-state index < -0.39 is 0 Å². The van der Waals surface area contributed by atoms with Crippen LogP contribution in [-0.4, -0.2) is 34.6 Å². The molecule has 1 amide bonds. The van der Waals surface area contributed by atoms with Crippen LogP contribution in [0.3, 0.4) is 0 Å². The van der Waals surface area contributed by atoms with Gasteiger partial charge in [0.15, 0.2) is 0 Å². The van der Waals surface area contributed by atoms with Gasteiger partial charge in [-0.2, -0.15) is 0 Å². The lowest BCUT2D eigenvalue weighted by Crippen LogP contribution is -2.34. The average molecular weight is 448 g/mol. The van der Waals surface area contributed by atoms with Gasteiger partial charge in [0, 0.05) is 12.7 Å². The summed E-state index contributed by atoms with van der Waals surface area (Å²) in [6, 6.07) is 17.6. The predicted molar refractivity (Wildman–Crippen MR) is 128 cm³/mol. The summed E-state index contributed by atoms with van der Waals surface area (Å²) in [5, 5.41) is 14.8. The minimum atomic E-state index is -0.255. The second kappa shape index (κ2) is 11.1. The van der Waals surface area contributed by atoms with Crippen molar-refractivity contribution in [2.24, 2.45) is 5.92 Å². The minimum absolute atomic E-state index is 0.0212. The van der Waals surface area contributed by atoms with E-state index in [4.69, 9.17) is 4.74 Å². The molecule has 0 bridgehead atoms. The molecule has 4 rings (SSSR count). The summed E-state index contributed by atoms with van der Waals surface area (Å²) in [5.74, 6) is 1.28. The summed E-state index contributed by atoms with van der Waals surface area (Å²) < 4.78 is 7.73. The van der Waals surface area contributed by atoms with E-state index in [1.165, 1.54) is 19.3 Å². The third-order valence-electron chi connectivity index (χ3n) is 6.32. The topological polar surface area (TPSA) is 81.1 Å². The number of benzene rings is 2. The normalized spacial score (nSPS) is 15.5. The maximum absolute atomic E-state index is 13.1. The van der Waals surface area contributed by atoms with Gasteiger partial charge >= 0.3 is 0 Å². The van der Waals surface area contributed by atoms with Gasteiger partial charge in [0.1, 0.15) is 5.75 Å². The Morgan fingerprint density at radius 3 is 2.55 bits per heavy atom. The molecule has 0 spiro atoms. The van der Waals surface area contributed by atoms with E-state index in [0.717, 1.165) is 29.2 Å². The lowest BCUT2D eigenvalue weighted by molar-refractivity contribution is -0.123. The lowest BCUT2D eigenvalue weighted by Gasteiger charge is -2.25. The Kier molecular flexibility index (Phi) is 7.73.